The first-order valence-electron chi connectivity index (χ1n) is 5.32. The minimum Gasteiger partial charge on any atom is -0.290 e. The van der Waals surface area contributed by atoms with Gasteiger partial charge in [-0.1, -0.05) is 11.6 Å². The molecule has 0 radical (unpaired) electrons. The maximum Gasteiger partial charge on any atom is 0.204 e. The van der Waals surface area contributed by atoms with Crippen LogP contribution in [0.5, 0.6) is 0 Å². The van der Waals surface area contributed by atoms with Gasteiger partial charge in [0.2, 0.25) is 5.78 Å². The Morgan fingerprint density at radius 1 is 1.33 bits per heavy atom. The number of rotatable bonds is 3. The molecule has 2 rings (SSSR count). The fourth-order valence-corrected chi connectivity index (χ4v) is 1.66. The second kappa shape index (κ2) is 5.23. The van der Waals surface area contributed by atoms with E-state index in [1.165, 1.54) is 18.2 Å². The van der Waals surface area contributed by atoms with Crippen molar-refractivity contribution in [2.75, 3.05) is 0 Å². The molecule has 0 saturated heterocycles. The van der Waals surface area contributed by atoms with Gasteiger partial charge in [-0.2, -0.15) is 0 Å². The third-order valence-electron chi connectivity index (χ3n) is 2.39. The Morgan fingerprint density at radius 2 is 2.00 bits per heavy atom. The van der Waals surface area contributed by atoms with Crippen LogP contribution in [0.1, 0.15) is 21.7 Å². The highest BCUT2D eigenvalue weighted by Crippen LogP contribution is 2.16. The molecule has 5 heteroatoms. The van der Waals surface area contributed by atoms with Crippen molar-refractivity contribution in [1.29, 1.82) is 0 Å². The molecule has 0 amide bonds. The third-order valence-corrected chi connectivity index (χ3v) is 2.62. The second-order valence-corrected chi connectivity index (χ2v) is 4.36. The van der Waals surface area contributed by atoms with Gasteiger partial charge in [0.25, 0.3) is 0 Å². The molecule has 0 aliphatic heterocycles. The maximum atomic E-state index is 13.5. The molecule has 0 saturated carbocycles. The zero-order valence-electron chi connectivity index (χ0n) is 9.65. The molecule has 0 aliphatic carbocycles. The van der Waals surface area contributed by atoms with Gasteiger partial charge in [-0.25, -0.2) is 14.4 Å². The summed E-state index contributed by atoms with van der Waals surface area (Å²) in [6, 6.07) is 4.11. The number of carbonyl (C=O) groups is 1. The molecule has 0 fully saturated rings. The summed E-state index contributed by atoms with van der Waals surface area (Å²) in [6.07, 6.45) is 3.00. The number of carbonyl (C=O) groups excluding carboxylic acids is 1. The van der Waals surface area contributed by atoms with Gasteiger partial charge in [0.05, 0.1) is 0 Å². The number of Topliss-reactive ketones (excluding diaryl/α,β-unsaturated/α-hetero) is 1. The molecule has 0 aliphatic rings. The van der Waals surface area contributed by atoms with Crippen molar-refractivity contribution >= 4 is 17.4 Å². The molecule has 18 heavy (non-hydrogen) atoms. The van der Waals surface area contributed by atoms with Crippen LogP contribution in [0.3, 0.4) is 0 Å². The van der Waals surface area contributed by atoms with Gasteiger partial charge in [-0.05, 0) is 36.2 Å². The summed E-state index contributed by atoms with van der Waals surface area (Å²) in [7, 11) is 0. The average Bonchev–Trinajstić information content (AvgIpc) is 2.34. The van der Waals surface area contributed by atoms with E-state index in [-0.39, 0.29) is 23.6 Å². The lowest BCUT2D eigenvalue weighted by Gasteiger charge is -2.03. The summed E-state index contributed by atoms with van der Waals surface area (Å²) < 4.78 is 13.5. The SMILES string of the molecule is Cc1cnc(C(=O)Cc2cc(Cl)ccc2F)nc1. The molecular formula is C13H10ClFN2O. The second-order valence-electron chi connectivity index (χ2n) is 3.92. The summed E-state index contributed by atoms with van der Waals surface area (Å²) >= 11 is 5.76. The van der Waals surface area contributed by atoms with Gasteiger partial charge in [-0.3, -0.25) is 4.79 Å². The number of hydrogen-bond donors (Lipinski definition) is 0. The van der Waals surface area contributed by atoms with Crippen molar-refractivity contribution in [2.24, 2.45) is 0 Å². The standard InChI is InChI=1S/C13H10ClFN2O/c1-8-6-16-13(17-7-8)12(18)5-9-4-10(14)2-3-11(9)15/h2-4,6-7H,5H2,1H3. The number of aromatic nitrogens is 2. The number of hydrogen-bond acceptors (Lipinski definition) is 3. The fraction of sp³-hybridized carbons (Fsp3) is 0.154. The van der Waals surface area contributed by atoms with Gasteiger partial charge in [-0.15, -0.1) is 0 Å². The topological polar surface area (TPSA) is 42.9 Å². The molecule has 1 heterocycles. The molecule has 0 unspecified atom stereocenters. The van der Waals surface area contributed by atoms with Crippen molar-refractivity contribution in [2.45, 2.75) is 13.3 Å². The predicted molar refractivity (Wildman–Crippen MR) is 66.2 cm³/mol. The van der Waals surface area contributed by atoms with E-state index >= 15 is 0 Å². The molecule has 0 bridgehead atoms. The highest BCUT2D eigenvalue weighted by molar-refractivity contribution is 6.30. The van der Waals surface area contributed by atoms with E-state index in [1.54, 1.807) is 12.4 Å². The van der Waals surface area contributed by atoms with Crippen molar-refractivity contribution in [1.82, 2.24) is 9.97 Å². The van der Waals surface area contributed by atoms with Gasteiger partial charge in [0.1, 0.15) is 5.82 Å². The van der Waals surface area contributed by atoms with Crippen LogP contribution in [0.2, 0.25) is 5.02 Å². The van der Waals surface area contributed by atoms with E-state index < -0.39 is 5.82 Å². The monoisotopic (exact) mass is 264 g/mol. The van der Waals surface area contributed by atoms with E-state index in [2.05, 4.69) is 9.97 Å². The van der Waals surface area contributed by atoms with Crippen LogP contribution in [0.4, 0.5) is 4.39 Å². The van der Waals surface area contributed by atoms with E-state index in [4.69, 9.17) is 11.6 Å². The largest absolute Gasteiger partial charge is 0.290 e. The predicted octanol–water partition coefficient (Wildman–Crippen LogP) is 3.00. The lowest BCUT2D eigenvalue weighted by atomic mass is 10.1. The Bertz CT molecular complexity index is 584. The molecule has 0 spiro atoms. The maximum absolute atomic E-state index is 13.5. The summed E-state index contributed by atoms with van der Waals surface area (Å²) in [4.78, 5) is 19.7. The van der Waals surface area contributed by atoms with Crippen molar-refractivity contribution in [3.63, 3.8) is 0 Å². The average molecular weight is 265 g/mol. The molecule has 92 valence electrons. The normalized spacial score (nSPS) is 10.4. The van der Waals surface area contributed by atoms with Gasteiger partial charge < -0.3 is 0 Å². The quantitative estimate of drug-likeness (QED) is 0.801. The highest BCUT2D eigenvalue weighted by atomic mass is 35.5. The highest BCUT2D eigenvalue weighted by Gasteiger charge is 2.13. The molecule has 0 atom stereocenters. The Morgan fingerprint density at radius 3 is 2.67 bits per heavy atom. The zero-order valence-corrected chi connectivity index (χ0v) is 10.4. The molecule has 0 N–H and O–H groups in total. The summed E-state index contributed by atoms with van der Waals surface area (Å²) in [5.41, 5.74) is 1.11. The number of halogens is 2. The van der Waals surface area contributed by atoms with Gasteiger partial charge in [0.15, 0.2) is 5.82 Å². The number of benzene rings is 1. The number of nitrogens with zero attached hydrogens (tertiary/aromatic N) is 2. The smallest absolute Gasteiger partial charge is 0.204 e. The minimum atomic E-state index is -0.458. The molecular weight excluding hydrogens is 255 g/mol. The minimum absolute atomic E-state index is 0.0833. The molecule has 3 nitrogen and oxygen atoms in total. The van der Waals surface area contributed by atoms with E-state index in [0.717, 1.165) is 5.56 Å². The van der Waals surface area contributed by atoms with E-state index in [1.807, 2.05) is 6.92 Å². The Kier molecular flexibility index (Phi) is 3.67. The number of ketones is 1. The van der Waals surface area contributed by atoms with Crippen LogP contribution < -0.4 is 0 Å². The molecule has 1 aromatic carbocycles. The van der Waals surface area contributed by atoms with Crippen LogP contribution in [-0.2, 0) is 6.42 Å². The van der Waals surface area contributed by atoms with E-state index in [0.29, 0.717) is 5.02 Å². The van der Waals surface area contributed by atoms with Crippen LogP contribution in [0.15, 0.2) is 30.6 Å². The Labute approximate surface area is 109 Å². The first-order valence-corrected chi connectivity index (χ1v) is 5.70. The lowest BCUT2D eigenvalue weighted by molar-refractivity contribution is 0.0982. The van der Waals surface area contributed by atoms with Crippen molar-refractivity contribution < 1.29 is 9.18 Å². The van der Waals surface area contributed by atoms with Crippen molar-refractivity contribution in [3.8, 4) is 0 Å². The number of aryl methyl sites for hydroxylation is 1. The summed E-state index contributed by atoms with van der Waals surface area (Å²) in [6.45, 7) is 1.82. The Hall–Kier alpha value is -1.81. The first kappa shape index (κ1) is 12.6. The summed E-state index contributed by atoms with van der Waals surface area (Å²) in [5.74, 6) is -0.712. The van der Waals surface area contributed by atoms with Crippen LogP contribution in [0.25, 0.3) is 0 Å². The van der Waals surface area contributed by atoms with Crippen LogP contribution >= 0.6 is 11.6 Å². The van der Waals surface area contributed by atoms with E-state index in [9.17, 15) is 9.18 Å². The lowest BCUT2D eigenvalue weighted by Crippen LogP contribution is -2.09. The van der Waals surface area contributed by atoms with Crippen molar-refractivity contribution in [3.05, 3.63) is 58.4 Å². The van der Waals surface area contributed by atoms with Crippen LogP contribution in [0, 0.1) is 12.7 Å². The molecule has 2 aromatic rings. The first-order chi connectivity index (χ1) is 8.56. The van der Waals surface area contributed by atoms with Gasteiger partial charge in [0, 0.05) is 23.8 Å². The molecule has 1 aromatic heterocycles. The zero-order chi connectivity index (χ0) is 13.1. The van der Waals surface area contributed by atoms with Gasteiger partial charge >= 0.3 is 0 Å². The summed E-state index contributed by atoms with van der Waals surface area (Å²) in [5, 5.41) is 0.393. The van der Waals surface area contributed by atoms with Crippen LogP contribution in [-0.4, -0.2) is 15.8 Å². The fourth-order valence-electron chi connectivity index (χ4n) is 1.47. The Balaban J connectivity index is 2.21. The third kappa shape index (κ3) is 2.90.